The summed E-state index contributed by atoms with van der Waals surface area (Å²) >= 11 is 7.97. The van der Waals surface area contributed by atoms with Crippen molar-refractivity contribution in [1.29, 1.82) is 0 Å². The number of thiophene rings is 1. The number of ether oxygens (including phenoxy) is 1. The fourth-order valence-corrected chi connectivity index (χ4v) is 6.05. The second kappa shape index (κ2) is 7.79. The third-order valence-electron chi connectivity index (χ3n) is 6.14. The zero-order chi connectivity index (χ0) is 22.6. The highest BCUT2D eigenvalue weighted by Crippen LogP contribution is 2.46. The maximum Gasteiger partial charge on any atom is 0.245 e. The molecule has 1 amide bonds. The van der Waals surface area contributed by atoms with Crippen molar-refractivity contribution in [2.45, 2.75) is 19.3 Å². The fourth-order valence-electron chi connectivity index (χ4n) is 4.55. The number of carbonyl (C=O) groups is 1. The first kappa shape index (κ1) is 20.8. The molecule has 0 bridgehead atoms. The molecule has 164 valence electrons. The lowest BCUT2D eigenvalue weighted by Gasteiger charge is -2.14. The van der Waals surface area contributed by atoms with Gasteiger partial charge in [0.05, 0.1) is 11.8 Å². The number of methoxy groups -OCH3 is 1. The Balaban J connectivity index is 1.70. The van der Waals surface area contributed by atoms with Crippen LogP contribution in [-0.4, -0.2) is 45.6 Å². The molecule has 0 radical (unpaired) electrons. The van der Waals surface area contributed by atoms with Crippen LogP contribution in [0.25, 0.3) is 26.0 Å². The number of hydrogen-bond donors (Lipinski definition) is 1. The molecule has 7 nitrogen and oxygen atoms in total. The van der Waals surface area contributed by atoms with Crippen LogP contribution in [0.15, 0.2) is 37.2 Å². The Hall–Kier alpha value is -3.10. The molecule has 5 rings (SSSR count). The second-order valence-corrected chi connectivity index (χ2v) is 9.36. The van der Waals surface area contributed by atoms with Gasteiger partial charge in [0.2, 0.25) is 5.91 Å². The van der Waals surface area contributed by atoms with Gasteiger partial charge in [-0.05, 0) is 37.1 Å². The number of halogens is 1. The molecule has 3 aromatic heterocycles. The van der Waals surface area contributed by atoms with Gasteiger partial charge in [-0.3, -0.25) is 4.79 Å². The van der Waals surface area contributed by atoms with E-state index in [9.17, 15) is 4.79 Å². The van der Waals surface area contributed by atoms with Crippen molar-refractivity contribution in [2.24, 2.45) is 0 Å². The first-order chi connectivity index (χ1) is 15.4. The van der Waals surface area contributed by atoms with Crippen molar-refractivity contribution in [1.82, 2.24) is 19.5 Å². The van der Waals surface area contributed by atoms with Crippen molar-refractivity contribution < 1.29 is 9.53 Å². The maximum absolute atomic E-state index is 12.1. The van der Waals surface area contributed by atoms with Crippen LogP contribution >= 0.6 is 22.9 Å². The molecule has 32 heavy (non-hydrogen) atoms. The largest absolute Gasteiger partial charge is 0.495 e. The lowest BCUT2D eigenvalue weighted by atomic mass is 10.0. The average Bonchev–Trinajstić information content (AvgIpc) is 3.49. The molecular weight excluding hydrogens is 446 g/mol. The summed E-state index contributed by atoms with van der Waals surface area (Å²) in [5.74, 6) is 1.26. The van der Waals surface area contributed by atoms with Gasteiger partial charge in [-0.2, -0.15) is 5.10 Å². The molecular formula is C23H22ClN5O2S. The third kappa shape index (κ3) is 3.13. The Bertz CT molecular complexity index is 1390. The van der Waals surface area contributed by atoms with Gasteiger partial charge in [0, 0.05) is 51.6 Å². The molecule has 1 unspecified atom stereocenters. The van der Waals surface area contributed by atoms with Crippen LogP contribution in [0.3, 0.4) is 0 Å². The summed E-state index contributed by atoms with van der Waals surface area (Å²) in [5, 5.41) is 6.19. The van der Waals surface area contributed by atoms with Crippen molar-refractivity contribution in [3.63, 3.8) is 0 Å². The Morgan fingerprint density at radius 1 is 1.41 bits per heavy atom. The van der Waals surface area contributed by atoms with E-state index in [4.69, 9.17) is 22.1 Å². The van der Waals surface area contributed by atoms with E-state index in [0.717, 1.165) is 49.5 Å². The summed E-state index contributed by atoms with van der Waals surface area (Å²) in [6.45, 7) is 6.99. The second-order valence-electron chi connectivity index (χ2n) is 7.90. The minimum absolute atomic E-state index is 0.0490. The molecule has 0 saturated carbocycles. The van der Waals surface area contributed by atoms with Gasteiger partial charge in [-0.15, -0.1) is 11.3 Å². The number of anilines is 1. The number of rotatable bonds is 4. The van der Waals surface area contributed by atoms with Gasteiger partial charge in [0.15, 0.2) is 5.82 Å². The minimum Gasteiger partial charge on any atom is -0.495 e. The zero-order valence-corrected chi connectivity index (χ0v) is 19.3. The number of aryl methyl sites for hydroxylation is 1. The Kier molecular flexibility index (Phi) is 5.06. The summed E-state index contributed by atoms with van der Waals surface area (Å²) in [6, 6.07) is 5.93. The van der Waals surface area contributed by atoms with E-state index >= 15 is 0 Å². The molecule has 4 heterocycles. The van der Waals surface area contributed by atoms with Crippen LogP contribution in [0.5, 0.6) is 5.75 Å². The Morgan fingerprint density at radius 3 is 2.97 bits per heavy atom. The molecule has 1 atom stereocenters. The maximum atomic E-state index is 12.1. The van der Waals surface area contributed by atoms with Crippen LogP contribution in [0, 0.1) is 6.92 Å². The summed E-state index contributed by atoms with van der Waals surface area (Å²) in [5.41, 5.74) is 10.2. The molecule has 0 aliphatic carbocycles. The zero-order valence-electron chi connectivity index (χ0n) is 17.8. The highest BCUT2D eigenvalue weighted by molar-refractivity contribution is 7.23. The summed E-state index contributed by atoms with van der Waals surface area (Å²) in [4.78, 5) is 19.2. The first-order valence-corrected chi connectivity index (χ1v) is 11.4. The highest BCUT2D eigenvalue weighted by Gasteiger charge is 2.30. The molecule has 1 aromatic carbocycles. The van der Waals surface area contributed by atoms with E-state index in [0.29, 0.717) is 23.9 Å². The van der Waals surface area contributed by atoms with Gasteiger partial charge in [0.25, 0.3) is 0 Å². The molecule has 4 aromatic rings. The fraction of sp³-hybridized carbons (Fsp3) is 0.261. The lowest BCUT2D eigenvalue weighted by molar-refractivity contribution is -0.125. The number of hydrogen-bond acceptors (Lipinski definition) is 6. The van der Waals surface area contributed by atoms with Crippen LogP contribution in [0.4, 0.5) is 5.82 Å². The van der Waals surface area contributed by atoms with Gasteiger partial charge in [-0.1, -0.05) is 18.2 Å². The van der Waals surface area contributed by atoms with E-state index in [-0.39, 0.29) is 11.8 Å². The third-order valence-corrected chi connectivity index (χ3v) is 7.71. The van der Waals surface area contributed by atoms with E-state index in [1.807, 2.05) is 21.5 Å². The number of aromatic nitrogens is 3. The van der Waals surface area contributed by atoms with E-state index < -0.39 is 0 Å². The van der Waals surface area contributed by atoms with Crippen molar-refractivity contribution >= 4 is 50.3 Å². The minimum atomic E-state index is -0.0490. The molecule has 1 fully saturated rings. The van der Waals surface area contributed by atoms with Gasteiger partial charge < -0.3 is 15.4 Å². The summed E-state index contributed by atoms with van der Waals surface area (Å²) < 4.78 is 8.49. The van der Waals surface area contributed by atoms with Crippen molar-refractivity contribution in [2.75, 3.05) is 25.9 Å². The molecule has 1 aliphatic rings. The summed E-state index contributed by atoms with van der Waals surface area (Å²) in [7, 11) is 1.65. The van der Waals surface area contributed by atoms with E-state index in [1.165, 1.54) is 12.4 Å². The molecule has 9 heteroatoms. The number of likely N-dealkylation sites (tertiary alicyclic amines) is 1. The van der Waals surface area contributed by atoms with Gasteiger partial charge in [-0.25, -0.2) is 9.50 Å². The van der Waals surface area contributed by atoms with Crippen molar-refractivity contribution in [3.05, 3.63) is 53.5 Å². The number of nitrogens with two attached hydrogens (primary N) is 1. The molecule has 1 saturated heterocycles. The van der Waals surface area contributed by atoms with Gasteiger partial charge >= 0.3 is 0 Å². The standard InChI is InChI=1S/C23H22ClN5O2S/c1-4-19(30)28-6-5-13(10-28)17-9-16(20-23(25)26-11-27-29(17)20)21-12(2)15-7-14(24)8-18(31-3)22(15)32-21/h4,7-9,11,13H,1,5-6,10H2,2-3H3,(H2,25,26,27). The first-order valence-electron chi connectivity index (χ1n) is 10.2. The molecule has 0 spiro atoms. The van der Waals surface area contributed by atoms with E-state index in [1.54, 1.807) is 18.4 Å². The quantitative estimate of drug-likeness (QED) is 0.441. The monoisotopic (exact) mass is 467 g/mol. The predicted molar refractivity (Wildman–Crippen MR) is 129 cm³/mol. The van der Waals surface area contributed by atoms with E-state index in [2.05, 4.69) is 29.7 Å². The number of fused-ring (bicyclic) bond motifs is 2. The predicted octanol–water partition coefficient (Wildman–Crippen LogP) is 4.67. The summed E-state index contributed by atoms with van der Waals surface area (Å²) in [6.07, 6.45) is 3.69. The van der Waals surface area contributed by atoms with Crippen LogP contribution in [-0.2, 0) is 4.79 Å². The van der Waals surface area contributed by atoms with Crippen LogP contribution in [0.2, 0.25) is 5.02 Å². The van der Waals surface area contributed by atoms with Gasteiger partial charge in [0.1, 0.15) is 17.6 Å². The number of nitrogens with zero attached hydrogens (tertiary/aromatic N) is 4. The number of amides is 1. The number of nitrogen functional groups attached to an aromatic ring is 1. The Morgan fingerprint density at radius 2 is 2.22 bits per heavy atom. The number of carbonyl (C=O) groups excluding carboxylic acids is 1. The molecule has 2 N–H and O–H groups in total. The number of benzene rings is 1. The topological polar surface area (TPSA) is 85.8 Å². The average molecular weight is 468 g/mol. The lowest BCUT2D eigenvalue weighted by Crippen LogP contribution is -2.26. The normalized spacial score (nSPS) is 16.2. The van der Waals surface area contributed by atoms with Crippen molar-refractivity contribution in [3.8, 4) is 16.2 Å². The van der Waals surface area contributed by atoms with Crippen LogP contribution in [0.1, 0.15) is 23.6 Å². The SMILES string of the molecule is C=CC(=O)N1CCC(c2cc(-c3sc4c(OC)cc(Cl)cc4c3C)c3c(N)ncnn23)C1. The molecule has 1 aliphatic heterocycles. The Labute approximate surface area is 194 Å². The smallest absolute Gasteiger partial charge is 0.245 e. The van der Waals surface area contributed by atoms with Crippen LogP contribution < -0.4 is 10.5 Å². The highest BCUT2D eigenvalue weighted by atomic mass is 35.5.